The van der Waals surface area contributed by atoms with Crippen LogP contribution in [0.2, 0.25) is 0 Å². The number of anilines is 1. The van der Waals surface area contributed by atoms with Crippen molar-refractivity contribution >= 4 is 21.6 Å². The number of benzene rings is 3. The maximum absolute atomic E-state index is 13.4. The van der Waals surface area contributed by atoms with E-state index in [0.717, 1.165) is 16.9 Å². The molecule has 1 amide bonds. The predicted octanol–water partition coefficient (Wildman–Crippen LogP) is 3.45. The number of fused-ring (bicyclic) bond motifs is 1. The molecule has 1 N–H and O–H groups in total. The molecule has 8 heteroatoms. The Morgan fingerprint density at radius 1 is 1.03 bits per heavy atom. The summed E-state index contributed by atoms with van der Waals surface area (Å²) in [5.74, 6) is 0.683. The van der Waals surface area contributed by atoms with E-state index in [1.165, 1.54) is 16.4 Å². The number of hydrogen-bond donors (Lipinski definition) is 1. The van der Waals surface area contributed by atoms with Crippen LogP contribution in [-0.4, -0.2) is 40.1 Å². The first-order valence-corrected chi connectivity index (χ1v) is 12.1. The summed E-state index contributed by atoms with van der Waals surface area (Å²) in [6.45, 7) is 4.27. The smallest absolute Gasteiger partial charge is 0.264 e. The van der Waals surface area contributed by atoms with Crippen molar-refractivity contribution < 1.29 is 22.7 Å². The van der Waals surface area contributed by atoms with Gasteiger partial charge in [-0.2, -0.15) is 0 Å². The quantitative estimate of drug-likeness (QED) is 0.539. The van der Waals surface area contributed by atoms with Gasteiger partial charge >= 0.3 is 0 Å². The van der Waals surface area contributed by atoms with Gasteiger partial charge < -0.3 is 14.8 Å². The zero-order valence-electron chi connectivity index (χ0n) is 18.5. The molecule has 0 bridgehead atoms. The third kappa shape index (κ3) is 5.12. The number of amides is 1. The van der Waals surface area contributed by atoms with Gasteiger partial charge in [-0.05, 0) is 61.4 Å². The number of rotatable bonds is 7. The van der Waals surface area contributed by atoms with Gasteiger partial charge in [0.15, 0.2) is 6.10 Å². The molecular weight excluding hydrogens is 440 g/mol. The zero-order chi connectivity index (χ0) is 23.4. The topological polar surface area (TPSA) is 84.9 Å². The number of hydrogen-bond acceptors (Lipinski definition) is 5. The van der Waals surface area contributed by atoms with Gasteiger partial charge in [0.2, 0.25) is 0 Å². The fourth-order valence-corrected chi connectivity index (χ4v) is 5.10. The second-order valence-electron chi connectivity index (χ2n) is 7.88. The molecular formula is C25H26N2O5S. The van der Waals surface area contributed by atoms with E-state index in [0.29, 0.717) is 11.4 Å². The summed E-state index contributed by atoms with van der Waals surface area (Å²) in [4.78, 5) is 13.0. The van der Waals surface area contributed by atoms with Gasteiger partial charge in [-0.15, -0.1) is 0 Å². The molecule has 33 heavy (non-hydrogen) atoms. The highest BCUT2D eigenvalue weighted by atomic mass is 32.2. The highest BCUT2D eigenvalue weighted by Gasteiger charge is 2.37. The summed E-state index contributed by atoms with van der Waals surface area (Å²) in [5, 5.41) is 2.78. The summed E-state index contributed by atoms with van der Waals surface area (Å²) >= 11 is 0. The van der Waals surface area contributed by atoms with E-state index in [1.54, 1.807) is 30.3 Å². The van der Waals surface area contributed by atoms with Crippen molar-refractivity contribution in [2.45, 2.75) is 24.8 Å². The van der Waals surface area contributed by atoms with E-state index >= 15 is 0 Å². The van der Waals surface area contributed by atoms with E-state index in [1.807, 2.05) is 44.2 Å². The lowest BCUT2D eigenvalue weighted by Gasteiger charge is -2.35. The summed E-state index contributed by atoms with van der Waals surface area (Å²) in [6.07, 6.45) is -0.989. The molecule has 0 saturated heterocycles. The molecule has 3 aromatic carbocycles. The molecule has 0 spiro atoms. The molecule has 1 heterocycles. The highest BCUT2D eigenvalue weighted by molar-refractivity contribution is 7.92. The zero-order valence-corrected chi connectivity index (χ0v) is 19.3. The Morgan fingerprint density at radius 2 is 1.79 bits per heavy atom. The average Bonchev–Trinajstić information content (AvgIpc) is 2.81. The van der Waals surface area contributed by atoms with Gasteiger partial charge in [0.05, 0.1) is 23.7 Å². The molecule has 0 saturated carbocycles. The largest absolute Gasteiger partial charge is 0.492 e. The van der Waals surface area contributed by atoms with E-state index in [2.05, 4.69) is 5.32 Å². The van der Waals surface area contributed by atoms with Gasteiger partial charge in [-0.3, -0.25) is 9.10 Å². The van der Waals surface area contributed by atoms with Crippen molar-refractivity contribution in [1.29, 1.82) is 0 Å². The molecule has 172 valence electrons. The first-order valence-electron chi connectivity index (χ1n) is 10.7. The van der Waals surface area contributed by atoms with Crippen LogP contribution in [0.1, 0.15) is 11.1 Å². The Balaban J connectivity index is 1.48. The molecule has 1 atom stereocenters. The van der Waals surface area contributed by atoms with E-state index in [9.17, 15) is 13.2 Å². The molecule has 0 fully saturated rings. The van der Waals surface area contributed by atoms with Crippen LogP contribution in [0.5, 0.6) is 11.5 Å². The maximum Gasteiger partial charge on any atom is 0.264 e. The van der Waals surface area contributed by atoms with E-state index in [-0.39, 0.29) is 24.6 Å². The lowest BCUT2D eigenvalue weighted by atomic mass is 10.1. The van der Waals surface area contributed by atoms with Crippen LogP contribution >= 0.6 is 0 Å². The molecule has 0 aliphatic carbocycles. The summed E-state index contributed by atoms with van der Waals surface area (Å²) in [7, 11) is -3.87. The fourth-order valence-electron chi connectivity index (χ4n) is 3.61. The molecule has 7 nitrogen and oxygen atoms in total. The third-order valence-electron chi connectivity index (χ3n) is 5.27. The minimum atomic E-state index is -3.87. The number of aryl methyl sites for hydroxylation is 2. The molecule has 3 aromatic rings. The van der Waals surface area contributed by atoms with Crippen LogP contribution in [0, 0.1) is 13.8 Å². The first kappa shape index (κ1) is 22.7. The minimum Gasteiger partial charge on any atom is -0.492 e. The average molecular weight is 467 g/mol. The lowest BCUT2D eigenvalue weighted by molar-refractivity contribution is -0.127. The van der Waals surface area contributed by atoms with Gasteiger partial charge in [0.25, 0.3) is 15.9 Å². The summed E-state index contributed by atoms with van der Waals surface area (Å²) < 4.78 is 39.6. The number of ether oxygens (including phenoxy) is 2. The van der Waals surface area contributed by atoms with Crippen molar-refractivity contribution in [2.75, 3.05) is 24.0 Å². The number of nitrogens with zero attached hydrogens (tertiary/aromatic N) is 1. The Bertz CT molecular complexity index is 1240. The van der Waals surface area contributed by atoms with Gasteiger partial charge in [-0.1, -0.05) is 36.4 Å². The first-order chi connectivity index (χ1) is 15.8. The van der Waals surface area contributed by atoms with E-state index < -0.39 is 22.0 Å². The highest BCUT2D eigenvalue weighted by Crippen LogP contribution is 2.37. The van der Waals surface area contributed by atoms with Crippen molar-refractivity contribution in [3.8, 4) is 11.5 Å². The van der Waals surface area contributed by atoms with Crippen LogP contribution in [-0.2, 0) is 14.8 Å². The van der Waals surface area contributed by atoms with Crippen LogP contribution in [0.4, 0.5) is 5.69 Å². The summed E-state index contributed by atoms with van der Waals surface area (Å²) in [5.41, 5.74) is 2.40. The Morgan fingerprint density at radius 3 is 2.55 bits per heavy atom. The third-order valence-corrected chi connectivity index (χ3v) is 7.06. The van der Waals surface area contributed by atoms with Crippen molar-refractivity contribution in [2.24, 2.45) is 0 Å². The number of nitrogens with one attached hydrogen (secondary N) is 1. The van der Waals surface area contributed by atoms with Crippen LogP contribution in [0.15, 0.2) is 77.7 Å². The predicted molar refractivity (Wildman–Crippen MR) is 126 cm³/mol. The van der Waals surface area contributed by atoms with Gasteiger partial charge in [0, 0.05) is 0 Å². The lowest BCUT2D eigenvalue weighted by Crippen LogP contribution is -2.51. The molecule has 0 aromatic heterocycles. The minimum absolute atomic E-state index is 0.127. The van der Waals surface area contributed by atoms with Crippen LogP contribution < -0.4 is 19.1 Å². The second-order valence-corrected chi connectivity index (χ2v) is 9.75. The van der Waals surface area contributed by atoms with Crippen molar-refractivity contribution in [3.63, 3.8) is 0 Å². The SMILES string of the molecule is Cc1cccc(OCCNC(=O)[C@@H]2CN(S(=O)(=O)c3ccccc3)c3ccc(C)cc3O2)c1. The fraction of sp³-hybridized carbons (Fsp3) is 0.240. The molecule has 1 aliphatic heterocycles. The summed E-state index contributed by atoms with van der Waals surface area (Å²) in [6, 6.07) is 21.1. The van der Waals surface area contributed by atoms with Crippen LogP contribution in [0.3, 0.4) is 0 Å². The number of sulfonamides is 1. The van der Waals surface area contributed by atoms with Gasteiger partial charge in [-0.25, -0.2) is 8.42 Å². The second kappa shape index (κ2) is 9.54. The van der Waals surface area contributed by atoms with Crippen LogP contribution in [0.25, 0.3) is 0 Å². The van der Waals surface area contributed by atoms with Gasteiger partial charge in [0.1, 0.15) is 18.1 Å². The standard InChI is InChI=1S/C25H26N2O5S/c1-18-7-6-8-20(15-18)31-14-13-26-25(28)24-17-27(22-12-11-19(2)16-23(22)32-24)33(29,30)21-9-4-3-5-10-21/h3-12,15-16,24H,13-14,17H2,1-2H3,(H,26,28)/t24-/m0/s1. The molecule has 0 radical (unpaired) electrons. The number of carbonyl (C=O) groups excluding carboxylic acids is 1. The van der Waals surface area contributed by atoms with Crippen molar-refractivity contribution in [1.82, 2.24) is 5.32 Å². The van der Waals surface area contributed by atoms with Crippen molar-refractivity contribution in [3.05, 3.63) is 83.9 Å². The monoisotopic (exact) mass is 466 g/mol. The molecule has 0 unspecified atom stereocenters. The maximum atomic E-state index is 13.4. The Kier molecular flexibility index (Phi) is 6.55. The molecule has 4 rings (SSSR count). The Labute approximate surface area is 194 Å². The molecule has 1 aliphatic rings. The normalized spacial score (nSPS) is 15.3. The number of carbonyl (C=O) groups is 1. The van der Waals surface area contributed by atoms with E-state index in [4.69, 9.17) is 9.47 Å². The Hall–Kier alpha value is -3.52.